The van der Waals surface area contributed by atoms with Crippen molar-refractivity contribution in [3.05, 3.63) is 29.3 Å². The van der Waals surface area contributed by atoms with Gasteiger partial charge in [0.25, 0.3) is 0 Å². The highest BCUT2D eigenvalue weighted by Crippen LogP contribution is 2.35. The first-order valence-corrected chi connectivity index (χ1v) is 9.61. The lowest BCUT2D eigenvalue weighted by Crippen LogP contribution is -2.37. The van der Waals surface area contributed by atoms with Crippen molar-refractivity contribution in [2.75, 3.05) is 38.8 Å². The molecule has 9 nitrogen and oxygen atoms in total. The molecule has 0 radical (unpaired) electrons. The first-order valence-electron chi connectivity index (χ1n) is 9.61. The fourth-order valence-electron chi connectivity index (χ4n) is 3.88. The van der Waals surface area contributed by atoms with Crippen LogP contribution in [0.5, 0.6) is 0 Å². The van der Waals surface area contributed by atoms with Crippen molar-refractivity contribution < 1.29 is 14.3 Å². The molecule has 0 saturated carbocycles. The number of hydrogen-bond acceptors (Lipinski definition) is 7. The Morgan fingerprint density at radius 1 is 1.29 bits per heavy atom. The van der Waals surface area contributed by atoms with Crippen LogP contribution in [0.3, 0.4) is 0 Å². The van der Waals surface area contributed by atoms with Crippen LogP contribution in [0.4, 0.5) is 16.4 Å². The third-order valence-electron chi connectivity index (χ3n) is 5.46. The van der Waals surface area contributed by atoms with Crippen molar-refractivity contribution in [3.8, 4) is 0 Å². The lowest BCUT2D eigenvalue weighted by Gasteiger charge is -2.29. The van der Waals surface area contributed by atoms with Crippen LogP contribution in [-0.2, 0) is 22.4 Å². The van der Waals surface area contributed by atoms with Crippen LogP contribution in [0.25, 0.3) is 0 Å². The minimum atomic E-state index is -0.312. The summed E-state index contributed by atoms with van der Waals surface area (Å²) < 4.78 is 12.6. The summed E-state index contributed by atoms with van der Waals surface area (Å²) in [6.07, 6.45) is 5.82. The van der Waals surface area contributed by atoms with Crippen LogP contribution in [0, 0.1) is 6.92 Å². The number of aromatic nitrogens is 4. The molecule has 0 bridgehead atoms. The third kappa shape index (κ3) is 3.42. The maximum atomic E-state index is 12.1. The topological polar surface area (TPSA) is 85.6 Å². The van der Waals surface area contributed by atoms with Gasteiger partial charge < -0.3 is 19.3 Å². The van der Waals surface area contributed by atoms with E-state index in [1.54, 1.807) is 17.3 Å². The number of carbonyl (C=O) groups is 1. The molecule has 1 saturated heterocycles. The second-order valence-electron chi connectivity index (χ2n) is 7.25. The summed E-state index contributed by atoms with van der Waals surface area (Å²) in [5.74, 6) is 1.54. The molecule has 0 spiro atoms. The van der Waals surface area contributed by atoms with Crippen molar-refractivity contribution in [2.24, 2.45) is 0 Å². The number of fused-ring (bicyclic) bond motifs is 1. The number of carbonyl (C=O) groups excluding carboxylic acids is 1. The first kappa shape index (κ1) is 18.7. The fourth-order valence-corrected chi connectivity index (χ4v) is 3.88. The normalized spacial score (nSPS) is 17.3. The van der Waals surface area contributed by atoms with E-state index in [0.717, 1.165) is 55.4 Å². The fraction of sp³-hybridized carbons (Fsp3) is 0.579. The van der Waals surface area contributed by atoms with Crippen LogP contribution in [-0.4, -0.2) is 64.7 Å². The van der Waals surface area contributed by atoms with Gasteiger partial charge in [-0.05, 0) is 19.8 Å². The minimum absolute atomic E-state index is 0.312. The van der Waals surface area contributed by atoms with Crippen LogP contribution in [0.2, 0.25) is 0 Å². The zero-order valence-electron chi connectivity index (χ0n) is 16.6. The number of rotatable bonds is 3. The quantitative estimate of drug-likeness (QED) is 0.799. The Kier molecular flexibility index (Phi) is 5.17. The Balaban J connectivity index is 1.73. The average Bonchev–Trinajstić information content (AvgIpc) is 3.12. The maximum absolute atomic E-state index is 12.1. The summed E-state index contributed by atoms with van der Waals surface area (Å²) >= 11 is 0. The molecule has 2 aromatic heterocycles. The lowest BCUT2D eigenvalue weighted by molar-refractivity contribution is 0.0649. The van der Waals surface area contributed by atoms with E-state index in [2.05, 4.69) is 14.6 Å². The molecule has 28 heavy (non-hydrogen) atoms. The van der Waals surface area contributed by atoms with Crippen LogP contribution >= 0.6 is 0 Å². The molecule has 0 atom stereocenters. The van der Waals surface area contributed by atoms with E-state index in [1.807, 2.05) is 18.9 Å². The molecular formula is C19H26N6O3. The van der Waals surface area contributed by atoms with Gasteiger partial charge in [-0.15, -0.1) is 0 Å². The summed E-state index contributed by atoms with van der Waals surface area (Å²) in [6, 6.07) is 0.318. The minimum Gasteiger partial charge on any atom is -0.453 e. The zero-order valence-corrected chi connectivity index (χ0v) is 16.6. The number of anilines is 2. The molecular weight excluding hydrogens is 360 g/mol. The van der Waals surface area contributed by atoms with E-state index in [9.17, 15) is 4.79 Å². The van der Waals surface area contributed by atoms with Crippen molar-refractivity contribution in [1.82, 2.24) is 24.6 Å². The first-order chi connectivity index (χ1) is 13.6. The van der Waals surface area contributed by atoms with E-state index in [-0.39, 0.29) is 6.09 Å². The van der Waals surface area contributed by atoms with Gasteiger partial charge in [0.1, 0.15) is 0 Å². The number of methoxy groups -OCH3 is 1. The number of ether oxygens (including phenoxy) is 2. The summed E-state index contributed by atoms with van der Waals surface area (Å²) in [4.78, 5) is 24.6. The smallest absolute Gasteiger partial charge is 0.409 e. The molecule has 0 aliphatic carbocycles. The van der Waals surface area contributed by atoms with E-state index >= 15 is 0 Å². The van der Waals surface area contributed by atoms with Gasteiger partial charge in [0, 0.05) is 44.5 Å². The van der Waals surface area contributed by atoms with Gasteiger partial charge in [-0.25, -0.2) is 9.78 Å². The molecule has 1 amide bonds. The van der Waals surface area contributed by atoms with Crippen molar-refractivity contribution in [3.63, 3.8) is 0 Å². The van der Waals surface area contributed by atoms with E-state index in [4.69, 9.17) is 14.6 Å². The monoisotopic (exact) mass is 386 g/mol. The molecule has 4 rings (SSSR count). The molecule has 1 fully saturated rings. The second kappa shape index (κ2) is 7.75. The molecule has 150 valence electrons. The maximum Gasteiger partial charge on any atom is 0.409 e. The van der Waals surface area contributed by atoms with Crippen LogP contribution < -0.4 is 4.90 Å². The average molecular weight is 386 g/mol. The molecule has 9 heteroatoms. The number of hydrogen-bond donors (Lipinski definition) is 0. The summed E-state index contributed by atoms with van der Waals surface area (Å²) in [6.45, 7) is 4.52. The van der Waals surface area contributed by atoms with Crippen molar-refractivity contribution >= 4 is 17.7 Å². The Hall–Kier alpha value is -2.68. The van der Waals surface area contributed by atoms with E-state index in [1.165, 1.54) is 12.8 Å². The SMILES string of the molecule is COC(=O)N1CCc2c(c(N(C)c3cnc(C)cn3)nn2C2CCOCC2)C1. The lowest BCUT2D eigenvalue weighted by atomic mass is 10.0. The predicted octanol–water partition coefficient (Wildman–Crippen LogP) is 2.23. The van der Waals surface area contributed by atoms with Gasteiger partial charge in [-0.1, -0.05) is 0 Å². The number of aryl methyl sites for hydroxylation is 1. The molecule has 4 heterocycles. The third-order valence-corrected chi connectivity index (χ3v) is 5.46. The van der Waals surface area contributed by atoms with Gasteiger partial charge in [0.2, 0.25) is 0 Å². The van der Waals surface area contributed by atoms with Gasteiger partial charge in [0.15, 0.2) is 11.6 Å². The highest BCUT2D eigenvalue weighted by Gasteiger charge is 2.32. The Morgan fingerprint density at radius 2 is 2.07 bits per heavy atom. The standard InChI is InChI=1S/C19H26N6O3/c1-13-10-21-17(11-20-13)23(2)18-15-12-24(19(26)27-3)7-4-16(15)25(22-18)14-5-8-28-9-6-14/h10-11,14H,4-9,12H2,1-3H3. The molecule has 2 aromatic rings. The Labute approximate surface area is 164 Å². The molecule has 2 aliphatic rings. The zero-order chi connectivity index (χ0) is 19.7. The summed E-state index contributed by atoms with van der Waals surface area (Å²) in [7, 11) is 3.35. The highest BCUT2D eigenvalue weighted by molar-refractivity contribution is 5.69. The van der Waals surface area contributed by atoms with Crippen molar-refractivity contribution in [1.29, 1.82) is 0 Å². The molecule has 2 aliphatic heterocycles. The van der Waals surface area contributed by atoms with Gasteiger partial charge >= 0.3 is 6.09 Å². The van der Waals surface area contributed by atoms with Gasteiger partial charge in [-0.3, -0.25) is 9.67 Å². The van der Waals surface area contributed by atoms with Gasteiger partial charge in [-0.2, -0.15) is 5.10 Å². The van der Waals surface area contributed by atoms with Gasteiger partial charge in [0.05, 0.1) is 37.8 Å². The Bertz CT molecular complexity index is 844. The molecule has 0 N–H and O–H groups in total. The summed E-state index contributed by atoms with van der Waals surface area (Å²) in [5.41, 5.74) is 3.10. The number of amides is 1. The predicted molar refractivity (Wildman–Crippen MR) is 103 cm³/mol. The molecule has 0 unspecified atom stereocenters. The van der Waals surface area contributed by atoms with Crippen LogP contribution in [0.15, 0.2) is 12.4 Å². The van der Waals surface area contributed by atoms with E-state index in [0.29, 0.717) is 19.1 Å². The second-order valence-corrected chi connectivity index (χ2v) is 7.25. The highest BCUT2D eigenvalue weighted by atomic mass is 16.5. The van der Waals surface area contributed by atoms with Crippen LogP contribution in [0.1, 0.15) is 35.8 Å². The number of nitrogens with zero attached hydrogens (tertiary/aromatic N) is 6. The largest absolute Gasteiger partial charge is 0.453 e. The van der Waals surface area contributed by atoms with Crippen molar-refractivity contribution in [2.45, 2.75) is 38.8 Å². The Morgan fingerprint density at radius 3 is 2.75 bits per heavy atom. The molecule has 0 aromatic carbocycles. The summed E-state index contributed by atoms with van der Waals surface area (Å²) in [5, 5.41) is 4.97. The van der Waals surface area contributed by atoms with E-state index < -0.39 is 0 Å².